The van der Waals surface area contributed by atoms with Crippen LogP contribution >= 0.6 is 0 Å². The van der Waals surface area contributed by atoms with Gasteiger partial charge in [0.2, 0.25) is 0 Å². The molecule has 84 valence electrons. The topological polar surface area (TPSA) is 21.3 Å². The fourth-order valence-electron chi connectivity index (χ4n) is 1.28. The van der Waals surface area contributed by atoms with E-state index in [1.165, 1.54) is 5.69 Å². The fraction of sp³-hybridized carbons (Fsp3) is 0.538. The minimum absolute atomic E-state index is 0.632. The van der Waals surface area contributed by atoms with Gasteiger partial charge in [0, 0.05) is 25.4 Å². The van der Waals surface area contributed by atoms with Gasteiger partial charge in [-0.1, -0.05) is 32.0 Å². The largest absolute Gasteiger partial charge is 0.385 e. The van der Waals surface area contributed by atoms with Crippen LogP contribution in [0.5, 0.6) is 0 Å². The zero-order valence-corrected chi connectivity index (χ0v) is 9.70. The third-order valence-electron chi connectivity index (χ3n) is 2.02. The molecule has 0 aliphatic rings. The maximum absolute atomic E-state index is 5.49. The first-order chi connectivity index (χ1) is 7.29. The number of benzene rings is 1. The zero-order chi connectivity index (χ0) is 10.9. The van der Waals surface area contributed by atoms with Crippen LogP contribution in [0, 0.1) is 5.92 Å². The summed E-state index contributed by atoms with van der Waals surface area (Å²) in [5.74, 6) is 0.632. The highest BCUT2D eigenvalue weighted by molar-refractivity contribution is 5.42. The molecule has 0 saturated carbocycles. The van der Waals surface area contributed by atoms with Gasteiger partial charge < -0.3 is 10.1 Å². The standard InChI is InChI=1S/C13H21NO/c1-12(2)11-15-10-6-9-14-13-7-4-3-5-8-13/h3-5,7-8,12,14H,6,9-11H2,1-2H3. The van der Waals surface area contributed by atoms with Crippen LogP contribution in [0.4, 0.5) is 5.69 Å². The zero-order valence-electron chi connectivity index (χ0n) is 9.70. The van der Waals surface area contributed by atoms with E-state index in [0.29, 0.717) is 5.92 Å². The number of hydrogen-bond donors (Lipinski definition) is 1. The second-order valence-electron chi connectivity index (χ2n) is 4.12. The van der Waals surface area contributed by atoms with E-state index in [1.807, 2.05) is 18.2 Å². The van der Waals surface area contributed by atoms with Crippen LogP contribution in [0.25, 0.3) is 0 Å². The Hall–Kier alpha value is -1.02. The third kappa shape index (κ3) is 6.13. The summed E-state index contributed by atoms with van der Waals surface area (Å²) in [6.45, 7) is 7.02. The Kier molecular flexibility index (Phi) is 5.86. The van der Waals surface area contributed by atoms with E-state index in [2.05, 4.69) is 31.3 Å². The van der Waals surface area contributed by atoms with Crippen molar-refractivity contribution in [3.05, 3.63) is 30.3 Å². The van der Waals surface area contributed by atoms with Gasteiger partial charge in [0.05, 0.1) is 0 Å². The number of para-hydroxylation sites is 1. The molecule has 0 heterocycles. The Morgan fingerprint density at radius 3 is 2.60 bits per heavy atom. The lowest BCUT2D eigenvalue weighted by Gasteiger charge is -2.08. The van der Waals surface area contributed by atoms with E-state index in [4.69, 9.17) is 4.74 Å². The van der Waals surface area contributed by atoms with Crippen LogP contribution in [0.15, 0.2) is 30.3 Å². The molecule has 1 aromatic carbocycles. The summed E-state index contributed by atoms with van der Waals surface area (Å²) >= 11 is 0. The molecule has 0 amide bonds. The highest BCUT2D eigenvalue weighted by Gasteiger charge is 1.93. The molecule has 0 unspecified atom stereocenters. The highest BCUT2D eigenvalue weighted by Crippen LogP contribution is 2.04. The molecule has 2 nitrogen and oxygen atoms in total. The summed E-state index contributed by atoms with van der Waals surface area (Å²) in [4.78, 5) is 0. The minimum Gasteiger partial charge on any atom is -0.385 e. The van der Waals surface area contributed by atoms with Crippen molar-refractivity contribution in [2.24, 2.45) is 5.92 Å². The van der Waals surface area contributed by atoms with Crippen LogP contribution in [-0.4, -0.2) is 19.8 Å². The predicted octanol–water partition coefficient (Wildman–Crippen LogP) is 3.16. The molecule has 0 bridgehead atoms. The van der Waals surface area contributed by atoms with Gasteiger partial charge in [0.25, 0.3) is 0 Å². The molecule has 0 radical (unpaired) electrons. The lowest BCUT2D eigenvalue weighted by atomic mass is 10.2. The van der Waals surface area contributed by atoms with Gasteiger partial charge in [-0.2, -0.15) is 0 Å². The van der Waals surface area contributed by atoms with E-state index in [0.717, 1.165) is 26.2 Å². The summed E-state index contributed by atoms with van der Waals surface area (Å²) in [5.41, 5.74) is 1.18. The highest BCUT2D eigenvalue weighted by atomic mass is 16.5. The van der Waals surface area contributed by atoms with Crippen LogP contribution in [0.3, 0.4) is 0 Å². The summed E-state index contributed by atoms with van der Waals surface area (Å²) in [7, 11) is 0. The van der Waals surface area contributed by atoms with E-state index in [9.17, 15) is 0 Å². The molecule has 0 atom stereocenters. The maximum atomic E-state index is 5.49. The summed E-state index contributed by atoms with van der Waals surface area (Å²) in [6.07, 6.45) is 1.06. The molecule has 2 heteroatoms. The van der Waals surface area contributed by atoms with Crippen molar-refractivity contribution in [3.8, 4) is 0 Å². The van der Waals surface area contributed by atoms with Crippen LogP contribution in [-0.2, 0) is 4.74 Å². The maximum Gasteiger partial charge on any atom is 0.0489 e. The number of anilines is 1. The molecule has 1 rings (SSSR count). The summed E-state index contributed by atoms with van der Waals surface area (Å²) in [5, 5.41) is 3.35. The van der Waals surface area contributed by atoms with Crippen molar-refractivity contribution in [2.75, 3.05) is 25.1 Å². The molecular weight excluding hydrogens is 186 g/mol. The van der Waals surface area contributed by atoms with Gasteiger partial charge in [0.15, 0.2) is 0 Å². The Bertz CT molecular complexity index is 246. The molecule has 1 N–H and O–H groups in total. The van der Waals surface area contributed by atoms with Crippen molar-refractivity contribution >= 4 is 5.69 Å². The normalized spacial score (nSPS) is 10.6. The number of nitrogens with one attached hydrogen (secondary N) is 1. The lowest BCUT2D eigenvalue weighted by Crippen LogP contribution is -2.08. The van der Waals surface area contributed by atoms with E-state index in [-0.39, 0.29) is 0 Å². The van der Waals surface area contributed by atoms with Crippen molar-refractivity contribution in [1.29, 1.82) is 0 Å². The fourth-order valence-corrected chi connectivity index (χ4v) is 1.28. The van der Waals surface area contributed by atoms with E-state index in [1.54, 1.807) is 0 Å². The Morgan fingerprint density at radius 2 is 1.93 bits per heavy atom. The van der Waals surface area contributed by atoms with Gasteiger partial charge in [-0.05, 0) is 24.5 Å². The first-order valence-electron chi connectivity index (χ1n) is 5.65. The van der Waals surface area contributed by atoms with Crippen LogP contribution in [0.1, 0.15) is 20.3 Å². The number of hydrogen-bond acceptors (Lipinski definition) is 2. The Labute approximate surface area is 92.6 Å². The SMILES string of the molecule is CC(C)COCCCNc1ccccc1. The molecule has 0 spiro atoms. The molecule has 0 aromatic heterocycles. The van der Waals surface area contributed by atoms with Gasteiger partial charge in [-0.3, -0.25) is 0 Å². The molecule has 0 fully saturated rings. The summed E-state index contributed by atoms with van der Waals surface area (Å²) in [6, 6.07) is 10.3. The average Bonchev–Trinajstić information content (AvgIpc) is 2.24. The quantitative estimate of drug-likeness (QED) is 0.693. The third-order valence-corrected chi connectivity index (χ3v) is 2.02. The van der Waals surface area contributed by atoms with Gasteiger partial charge in [-0.25, -0.2) is 0 Å². The predicted molar refractivity (Wildman–Crippen MR) is 65.2 cm³/mol. The monoisotopic (exact) mass is 207 g/mol. The van der Waals surface area contributed by atoms with E-state index >= 15 is 0 Å². The van der Waals surface area contributed by atoms with Crippen molar-refractivity contribution in [1.82, 2.24) is 0 Å². The Morgan fingerprint density at radius 1 is 1.20 bits per heavy atom. The van der Waals surface area contributed by atoms with Gasteiger partial charge in [0.1, 0.15) is 0 Å². The summed E-state index contributed by atoms with van der Waals surface area (Å²) < 4.78 is 5.49. The van der Waals surface area contributed by atoms with Gasteiger partial charge in [-0.15, -0.1) is 0 Å². The molecule has 1 aromatic rings. The first-order valence-corrected chi connectivity index (χ1v) is 5.65. The number of rotatable bonds is 7. The molecule has 0 aliphatic carbocycles. The second kappa shape index (κ2) is 7.30. The van der Waals surface area contributed by atoms with Crippen molar-refractivity contribution in [2.45, 2.75) is 20.3 Å². The van der Waals surface area contributed by atoms with Crippen LogP contribution < -0.4 is 5.32 Å². The van der Waals surface area contributed by atoms with Crippen molar-refractivity contribution in [3.63, 3.8) is 0 Å². The smallest absolute Gasteiger partial charge is 0.0489 e. The average molecular weight is 207 g/mol. The number of ether oxygens (including phenoxy) is 1. The molecule has 0 saturated heterocycles. The van der Waals surface area contributed by atoms with Gasteiger partial charge >= 0.3 is 0 Å². The van der Waals surface area contributed by atoms with E-state index < -0.39 is 0 Å². The van der Waals surface area contributed by atoms with Crippen LogP contribution in [0.2, 0.25) is 0 Å². The van der Waals surface area contributed by atoms with Crippen molar-refractivity contribution < 1.29 is 4.74 Å². The molecular formula is C13H21NO. The first kappa shape index (κ1) is 12.1. The molecule has 15 heavy (non-hydrogen) atoms. The minimum atomic E-state index is 0.632. The second-order valence-corrected chi connectivity index (χ2v) is 4.12. The lowest BCUT2D eigenvalue weighted by molar-refractivity contribution is 0.110. The Balaban J connectivity index is 1.98. The molecule has 0 aliphatic heterocycles.